The second-order valence-corrected chi connectivity index (χ2v) is 9.37. The molecule has 144 valence electrons. The number of cyclic esters (lactones) is 1. The van der Waals surface area contributed by atoms with Crippen molar-refractivity contribution in [1.82, 2.24) is 0 Å². The van der Waals surface area contributed by atoms with Crippen molar-refractivity contribution in [3.8, 4) is 0 Å². The molecule has 3 N–H and O–H groups in total. The van der Waals surface area contributed by atoms with Gasteiger partial charge >= 0.3 is 5.97 Å². The Balaban J connectivity index is 1.88. The van der Waals surface area contributed by atoms with E-state index in [-0.39, 0.29) is 29.8 Å². The van der Waals surface area contributed by atoms with Gasteiger partial charge in [-0.1, -0.05) is 20.3 Å². The van der Waals surface area contributed by atoms with Crippen LogP contribution >= 0.6 is 0 Å². The first-order valence-corrected chi connectivity index (χ1v) is 9.84. The average Bonchev–Trinajstić information content (AvgIpc) is 2.96. The molecule has 0 bridgehead atoms. The summed E-state index contributed by atoms with van der Waals surface area (Å²) in [5, 5.41) is 32.4. The minimum atomic E-state index is -1.06. The first kappa shape index (κ1) is 19.1. The van der Waals surface area contributed by atoms with Crippen molar-refractivity contribution in [3.63, 3.8) is 0 Å². The molecule has 3 aliphatic rings. The average molecular weight is 354 g/mol. The van der Waals surface area contributed by atoms with E-state index in [4.69, 9.17) is 4.74 Å². The summed E-state index contributed by atoms with van der Waals surface area (Å²) in [6.07, 6.45) is 4.74. The highest BCUT2D eigenvalue weighted by Gasteiger charge is 2.66. The van der Waals surface area contributed by atoms with Crippen LogP contribution in [0.25, 0.3) is 0 Å². The smallest absolute Gasteiger partial charge is 0.306 e. The molecule has 5 heteroatoms. The topological polar surface area (TPSA) is 87.0 Å². The predicted octanol–water partition coefficient (Wildman–Crippen LogP) is 2.27. The second-order valence-electron chi connectivity index (χ2n) is 9.37. The molecule has 3 rings (SSSR count). The fraction of sp³-hybridized carbons (Fsp3) is 0.950. The van der Waals surface area contributed by atoms with E-state index in [0.717, 1.165) is 25.7 Å². The summed E-state index contributed by atoms with van der Waals surface area (Å²) in [6, 6.07) is 0. The Labute approximate surface area is 150 Å². The van der Waals surface area contributed by atoms with E-state index in [9.17, 15) is 20.1 Å². The number of rotatable bonds is 4. The predicted molar refractivity (Wildman–Crippen MR) is 93.7 cm³/mol. The van der Waals surface area contributed by atoms with E-state index in [0.29, 0.717) is 31.8 Å². The number of carbonyl (C=O) groups excluding carboxylic acids is 1. The molecule has 5 nitrogen and oxygen atoms in total. The zero-order valence-electron chi connectivity index (χ0n) is 15.8. The van der Waals surface area contributed by atoms with Gasteiger partial charge in [0.05, 0.1) is 36.8 Å². The summed E-state index contributed by atoms with van der Waals surface area (Å²) in [6.45, 7) is 6.57. The van der Waals surface area contributed by atoms with Crippen LogP contribution in [-0.4, -0.2) is 46.2 Å². The van der Waals surface area contributed by atoms with E-state index in [1.165, 1.54) is 0 Å². The molecule has 2 saturated carbocycles. The van der Waals surface area contributed by atoms with Crippen LogP contribution in [-0.2, 0) is 9.53 Å². The largest absolute Gasteiger partial charge is 0.465 e. The minimum Gasteiger partial charge on any atom is -0.465 e. The second kappa shape index (κ2) is 6.50. The molecule has 0 aromatic carbocycles. The molecule has 7 atom stereocenters. The summed E-state index contributed by atoms with van der Waals surface area (Å²) in [7, 11) is 0. The molecule has 25 heavy (non-hydrogen) atoms. The van der Waals surface area contributed by atoms with Gasteiger partial charge in [0.25, 0.3) is 0 Å². The zero-order chi connectivity index (χ0) is 18.5. The Morgan fingerprint density at radius 1 is 1.32 bits per heavy atom. The van der Waals surface area contributed by atoms with Gasteiger partial charge in [0, 0.05) is 5.92 Å². The summed E-state index contributed by atoms with van der Waals surface area (Å²) in [5.74, 6) is 0.549. The van der Waals surface area contributed by atoms with Gasteiger partial charge in [-0.25, -0.2) is 0 Å². The van der Waals surface area contributed by atoms with Gasteiger partial charge in [0.15, 0.2) is 0 Å². The highest BCUT2D eigenvalue weighted by molar-refractivity contribution is 5.71. The van der Waals surface area contributed by atoms with E-state index in [1.807, 2.05) is 0 Å². The number of ether oxygens (including phenoxy) is 1. The third kappa shape index (κ3) is 2.83. The molecular formula is C20H34O5. The van der Waals surface area contributed by atoms with Crippen LogP contribution in [0.2, 0.25) is 0 Å². The lowest BCUT2D eigenvalue weighted by molar-refractivity contribution is -0.262. The van der Waals surface area contributed by atoms with Gasteiger partial charge in [-0.05, 0) is 56.3 Å². The molecule has 0 spiro atoms. The lowest BCUT2D eigenvalue weighted by atomic mass is 9.42. The fourth-order valence-electron chi connectivity index (χ4n) is 6.25. The minimum absolute atomic E-state index is 0.0714. The Kier molecular flexibility index (Phi) is 4.97. The van der Waals surface area contributed by atoms with Gasteiger partial charge in [0.1, 0.15) is 0 Å². The number of hydrogen-bond acceptors (Lipinski definition) is 5. The van der Waals surface area contributed by atoms with Crippen LogP contribution < -0.4 is 0 Å². The van der Waals surface area contributed by atoms with Crippen molar-refractivity contribution < 1.29 is 24.9 Å². The lowest BCUT2D eigenvalue weighted by Crippen LogP contribution is -2.68. The summed E-state index contributed by atoms with van der Waals surface area (Å²) in [4.78, 5) is 11.4. The van der Waals surface area contributed by atoms with Gasteiger partial charge in [-0.15, -0.1) is 0 Å². The molecule has 0 radical (unpaired) electrons. The van der Waals surface area contributed by atoms with Crippen molar-refractivity contribution in [3.05, 3.63) is 0 Å². The van der Waals surface area contributed by atoms with E-state index in [1.54, 1.807) is 6.92 Å². The van der Waals surface area contributed by atoms with E-state index >= 15 is 0 Å². The third-order valence-electron chi connectivity index (χ3n) is 8.16. The zero-order valence-corrected chi connectivity index (χ0v) is 15.8. The number of aliphatic hydroxyl groups excluding tert-OH is 2. The van der Waals surface area contributed by atoms with E-state index < -0.39 is 17.1 Å². The molecule has 2 aliphatic carbocycles. The number of esters is 1. The van der Waals surface area contributed by atoms with Gasteiger partial charge < -0.3 is 20.1 Å². The Hall–Kier alpha value is -0.650. The van der Waals surface area contributed by atoms with Crippen molar-refractivity contribution in [2.24, 2.45) is 28.6 Å². The summed E-state index contributed by atoms with van der Waals surface area (Å²) in [5.41, 5.74) is -1.98. The molecule has 0 aromatic heterocycles. The standard InChI is InChI=1S/C20H34O5/c1-13-9-16(22)20(12-21)15(5-4-7-19(20,3)24)18(13,2)8-6-14-10-17(23)25-11-14/h13-16,21-22,24H,4-12H2,1-3H3/t13-,14+,15-,16+,18+,19-,20+/m1/s1. The van der Waals surface area contributed by atoms with Crippen LogP contribution in [0.3, 0.4) is 0 Å². The fourth-order valence-corrected chi connectivity index (χ4v) is 6.25. The maximum Gasteiger partial charge on any atom is 0.306 e. The Morgan fingerprint density at radius 3 is 2.64 bits per heavy atom. The summed E-state index contributed by atoms with van der Waals surface area (Å²) < 4.78 is 5.10. The highest BCUT2D eigenvalue weighted by atomic mass is 16.5. The van der Waals surface area contributed by atoms with Crippen LogP contribution in [0.5, 0.6) is 0 Å². The number of fused-ring (bicyclic) bond motifs is 1. The Morgan fingerprint density at radius 2 is 2.04 bits per heavy atom. The van der Waals surface area contributed by atoms with E-state index in [2.05, 4.69) is 13.8 Å². The Bertz CT molecular complexity index is 518. The first-order valence-electron chi connectivity index (χ1n) is 9.84. The maximum absolute atomic E-state index is 11.4. The monoisotopic (exact) mass is 354 g/mol. The quantitative estimate of drug-likeness (QED) is 0.674. The summed E-state index contributed by atoms with van der Waals surface area (Å²) >= 11 is 0. The maximum atomic E-state index is 11.4. The van der Waals surface area contributed by atoms with Crippen LogP contribution in [0.4, 0.5) is 0 Å². The van der Waals surface area contributed by atoms with Crippen LogP contribution in [0.15, 0.2) is 0 Å². The van der Waals surface area contributed by atoms with Crippen LogP contribution in [0.1, 0.15) is 65.7 Å². The number of hydrogen-bond donors (Lipinski definition) is 3. The highest BCUT2D eigenvalue weighted by Crippen LogP contribution is 2.64. The number of aliphatic hydroxyl groups is 3. The first-order chi connectivity index (χ1) is 11.7. The van der Waals surface area contributed by atoms with Gasteiger partial charge in [0.2, 0.25) is 0 Å². The molecule has 1 heterocycles. The normalized spacial score (nSPS) is 50.4. The SMILES string of the molecule is C[C@@H]1C[C@H](O)[C@]2(CO)[C@H](CCC[C@@]2(C)O)[C@@]1(C)CC[C@@H]1COC(=O)C1. The van der Waals surface area contributed by atoms with Crippen molar-refractivity contribution in [2.75, 3.05) is 13.2 Å². The van der Waals surface area contributed by atoms with Crippen molar-refractivity contribution >= 4 is 5.97 Å². The van der Waals surface area contributed by atoms with Crippen molar-refractivity contribution in [1.29, 1.82) is 0 Å². The van der Waals surface area contributed by atoms with Gasteiger partial charge in [-0.2, -0.15) is 0 Å². The molecular weight excluding hydrogens is 320 g/mol. The third-order valence-corrected chi connectivity index (χ3v) is 8.16. The lowest BCUT2D eigenvalue weighted by Gasteiger charge is -2.65. The van der Waals surface area contributed by atoms with Gasteiger partial charge in [-0.3, -0.25) is 4.79 Å². The van der Waals surface area contributed by atoms with Crippen LogP contribution in [0, 0.1) is 28.6 Å². The molecule has 1 saturated heterocycles. The molecule has 0 amide bonds. The van der Waals surface area contributed by atoms with Crippen molar-refractivity contribution in [2.45, 2.75) is 77.4 Å². The molecule has 0 unspecified atom stereocenters. The molecule has 3 fully saturated rings. The number of carbonyl (C=O) groups is 1. The molecule has 1 aliphatic heterocycles. The molecule has 0 aromatic rings.